The van der Waals surface area contributed by atoms with Gasteiger partial charge in [-0.1, -0.05) is 27.2 Å². The van der Waals surface area contributed by atoms with Crippen LogP contribution in [0, 0.1) is 5.92 Å². The average Bonchev–Trinajstić information content (AvgIpc) is 2.29. The maximum absolute atomic E-state index is 6.17. The smallest absolute Gasteiger partial charge is 0.0193 e. The highest BCUT2D eigenvalue weighted by atomic mass is 15.3. The highest BCUT2D eigenvalue weighted by Crippen LogP contribution is 2.08. The minimum atomic E-state index is 0.350. The molecular weight excluding hydrogens is 186 g/mol. The lowest BCUT2D eigenvalue weighted by Crippen LogP contribution is -2.50. The van der Waals surface area contributed by atoms with Crippen molar-refractivity contribution in [2.45, 2.75) is 33.2 Å². The summed E-state index contributed by atoms with van der Waals surface area (Å²) in [6.45, 7) is 13.8. The predicted octanol–water partition coefficient (Wildman–Crippen LogP) is 0.997. The molecule has 0 amide bonds. The second-order valence-corrected chi connectivity index (χ2v) is 4.78. The summed E-state index contributed by atoms with van der Waals surface area (Å²) in [6.07, 6.45) is 1.19. The highest BCUT2D eigenvalue weighted by molar-refractivity contribution is 4.77. The van der Waals surface area contributed by atoms with Gasteiger partial charge in [-0.25, -0.2) is 0 Å². The third kappa shape index (κ3) is 4.09. The van der Waals surface area contributed by atoms with Gasteiger partial charge in [0.15, 0.2) is 0 Å². The number of rotatable bonds is 5. The van der Waals surface area contributed by atoms with Gasteiger partial charge in [-0.2, -0.15) is 0 Å². The molecule has 1 aliphatic heterocycles. The molecule has 0 aliphatic carbocycles. The Morgan fingerprint density at radius 3 is 2.07 bits per heavy atom. The SMILES string of the molecule is CC[C@H](C)[C@@H](N)CN1CCN(CC)CC1. The summed E-state index contributed by atoms with van der Waals surface area (Å²) in [5.74, 6) is 0.647. The molecule has 2 N–H and O–H groups in total. The lowest BCUT2D eigenvalue weighted by atomic mass is 9.99. The van der Waals surface area contributed by atoms with Gasteiger partial charge < -0.3 is 10.6 Å². The lowest BCUT2D eigenvalue weighted by Gasteiger charge is -2.36. The van der Waals surface area contributed by atoms with Gasteiger partial charge in [0.25, 0.3) is 0 Å². The molecule has 1 saturated heterocycles. The Morgan fingerprint density at radius 2 is 1.60 bits per heavy atom. The fourth-order valence-corrected chi connectivity index (χ4v) is 2.07. The van der Waals surface area contributed by atoms with Crippen molar-refractivity contribution in [1.29, 1.82) is 0 Å². The topological polar surface area (TPSA) is 32.5 Å². The molecule has 0 radical (unpaired) electrons. The number of hydrogen-bond donors (Lipinski definition) is 1. The number of nitrogens with two attached hydrogens (primary N) is 1. The van der Waals surface area contributed by atoms with Gasteiger partial charge in [0.2, 0.25) is 0 Å². The standard InChI is InChI=1S/C12H27N3/c1-4-11(3)12(13)10-15-8-6-14(5-2)7-9-15/h11-12H,4-10,13H2,1-3H3/t11-,12-/m0/s1. The molecule has 1 fully saturated rings. The van der Waals surface area contributed by atoms with Crippen LogP contribution in [0.4, 0.5) is 0 Å². The molecule has 0 spiro atoms. The van der Waals surface area contributed by atoms with Crippen molar-refractivity contribution in [1.82, 2.24) is 9.80 Å². The first kappa shape index (κ1) is 12.9. The monoisotopic (exact) mass is 213 g/mol. The van der Waals surface area contributed by atoms with E-state index in [0.29, 0.717) is 12.0 Å². The zero-order valence-corrected chi connectivity index (χ0v) is 10.6. The van der Waals surface area contributed by atoms with Gasteiger partial charge in [0, 0.05) is 38.8 Å². The summed E-state index contributed by atoms with van der Waals surface area (Å²) in [5.41, 5.74) is 6.17. The lowest BCUT2D eigenvalue weighted by molar-refractivity contribution is 0.125. The van der Waals surface area contributed by atoms with Crippen LogP contribution in [0.1, 0.15) is 27.2 Å². The number of hydrogen-bond acceptors (Lipinski definition) is 3. The van der Waals surface area contributed by atoms with E-state index in [1.54, 1.807) is 0 Å². The third-order valence-electron chi connectivity index (χ3n) is 3.76. The Kier molecular flexibility index (Phi) is 5.58. The summed E-state index contributed by atoms with van der Waals surface area (Å²) < 4.78 is 0. The van der Waals surface area contributed by atoms with E-state index in [2.05, 4.69) is 30.6 Å². The fourth-order valence-electron chi connectivity index (χ4n) is 2.07. The molecule has 0 bridgehead atoms. The summed E-state index contributed by atoms with van der Waals surface area (Å²) in [7, 11) is 0. The molecule has 0 aromatic rings. The van der Waals surface area contributed by atoms with Gasteiger partial charge in [0.05, 0.1) is 0 Å². The van der Waals surface area contributed by atoms with Crippen LogP contribution in [0.3, 0.4) is 0 Å². The molecule has 0 unspecified atom stereocenters. The van der Waals surface area contributed by atoms with E-state index in [1.807, 2.05) is 0 Å². The first-order valence-electron chi connectivity index (χ1n) is 6.37. The van der Waals surface area contributed by atoms with Crippen molar-refractivity contribution in [3.63, 3.8) is 0 Å². The van der Waals surface area contributed by atoms with E-state index in [9.17, 15) is 0 Å². The molecule has 2 atom stereocenters. The van der Waals surface area contributed by atoms with Crippen LogP contribution in [0.5, 0.6) is 0 Å². The second-order valence-electron chi connectivity index (χ2n) is 4.78. The van der Waals surface area contributed by atoms with E-state index in [4.69, 9.17) is 5.73 Å². The maximum Gasteiger partial charge on any atom is 0.0193 e. The van der Waals surface area contributed by atoms with Gasteiger partial charge in [-0.3, -0.25) is 4.90 Å². The Hall–Kier alpha value is -0.120. The van der Waals surface area contributed by atoms with E-state index < -0.39 is 0 Å². The van der Waals surface area contributed by atoms with E-state index >= 15 is 0 Å². The predicted molar refractivity (Wildman–Crippen MR) is 66.0 cm³/mol. The fraction of sp³-hybridized carbons (Fsp3) is 1.00. The van der Waals surface area contributed by atoms with Crippen LogP contribution >= 0.6 is 0 Å². The first-order valence-corrected chi connectivity index (χ1v) is 6.37. The minimum absolute atomic E-state index is 0.350. The van der Waals surface area contributed by atoms with E-state index in [0.717, 1.165) is 6.54 Å². The summed E-state index contributed by atoms with van der Waals surface area (Å²) >= 11 is 0. The normalized spacial score (nSPS) is 24.0. The summed E-state index contributed by atoms with van der Waals surface area (Å²) in [6, 6.07) is 0.350. The Morgan fingerprint density at radius 1 is 1.07 bits per heavy atom. The van der Waals surface area contributed by atoms with Crippen LogP contribution in [0.2, 0.25) is 0 Å². The third-order valence-corrected chi connectivity index (χ3v) is 3.76. The quantitative estimate of drug-likeness (QED) is 0.739. The summed E-state index contributed by atoms with van der Waals surface area (Å²) in [4.78, 5) is 5.02. The van der Waals surface area contributed by atoms with Crippen molar-refractivity contribution in [2.24, 2.45) is 11.7 Å². The minimum Gasteiger partial charge on any atom is -0.326 e. The molecule has 1 heterocycles. The number of nitrogens with zero attached hydrogens (tertiary/aromatic N) is 2. The molecule has 90 valence electrons. The van der Waals surface area contributed by atoms with Crippen LogP contribution in [-0.4, -0.2) is 55.1 Å². The van der Waals surface area contributed by atoms with Crippen molar-refractivity contribution in [3.05, 3.63) is 0 Å². The molecule has 3 nitrogen and oxygen atoms in total. The van der Waals surface area contributed by atoms with E-state index in [-0.39, 0.29) is 0 Å². The molecule has 0 aromatic heterocycles. The van der Waals surface area contributed by atoms with Crippen molar-refractivity contribution < 1.29 is 0 Å². The van der Waals surface area contributed by atoms with Gasteiger partial charge >= 0.3 is 0 Å². The van der Waals surface area contributed by atoms with Gasteiger partial charge in [-0.15, -0.1) is 0 Å². The van der Waals surface area contributed by atoms with Crippen LogP contribution < -0.4 is 5.73 Å². The first-order chi connectivity index (χ1) is 7.17. The van der Waals surface area contributed by atoms with Gasteiger partial charge in [-0.05, 0) is 12.5 Å². The van der Waals surface area contributed by atoms with Crippen molar-refractivity contribution >= 4 is 0 Å². The van der Waals surface area contributed by atoms with Gasteiger partial charge in [0.1, 0.15) is 0 Å². The molecule has 1 aliphatic rings. The van der Waals surface area contributed by atoms with Crippen LogP contribution in [0.15, 0.2) is 0 Å². The zero-order chi connectivity index (χ0) is 11.3. The zero-order valence-electron chi connectivity index (χ0n) is 10.6. The van der Waals surface area contributed by atoms with E-state index in [1.165, 1.54) is 39.1 Å². The van der Waals surface area contributed by atoms with Crippen molar-refractivity contribution in [3.8, 4) is 0 Å². The molecule has 0 saturated carbocycles. The van der Waals surface area contributed by atoms with Crippen LogP contribution in [-0.2, 0) is 0 Å². The highest BCUT2D eigenvalue weighted by Gasteiger charge is 2.19. The molecule has 0 aromatic carbocycles. The largest absolute Gasteiger partial charge is 0.326 e. The maximum atomic E-state index is 6.17. The molecule has 15 heavy (non-hydrogen) atoms. The Bertz CT molecular complexity index is 164. The number of likely N-dealkylation sites (N-methyl/N-ethyl adjacent to an activating group) is 1. The average molecular weight is 213 g/mol. The van der Waals surface area contributed by atoms with Crippen LogP contribution in [0.25, 0.3) is 0 Å². The number of piperazine rings is 1. The Labute approximate surface area is 94.6 Å². The second kappa shape index (κ2) is 6.46. The molecular formula is C12H27N3. The molecule has 1 rings (SSSR count). The summed E-state index contributed by atoms with van der Waals surface area (Å²) in [5, 5.41) is 0. The molecule has 3 heteroatoms. The van der Waals surface area contributed by atoms with Crippen molar-refractivity contribution in [2.75, 3.05) is 39.3 Å². The Balaban J connectivity index is 2.23.